The average molecular weight is 230 g/mol. The Labute approximate surface area is 99.1 Å². The number of rotatable bonds is 10. The maximum absolute atomic E-state index is 9.05. The molecule has 0 aliphatic heterocycles. The fraction of sp³-hybridized carbons (Fsp3) is 0.846. The molecule has 0 saturated heterocycles. The summed E-state index contributed by atoms with van der Waals surface area (Å²) in [4.78, 5) is 0. The number of methoxy groups -OCH3 is 1. The fourth-order valence-corrected chi connectivity index (χ4v) is 1.57. The molecule has 0 unspecified atom stereocenters. The molecule has 0 aromatic carbocycles. The van der Waals surface area contributed by atoms with E-state index < -0.39 is 0 Å². The lowest BCUT2D eigenvalue weighted by molar-refractivity contribution is 0.0719. The summed E-state index contributed by atoms with van der Waals surface area (Å²) in [6.45, 7) is 2.01. The lowest BCUT2D eigenvalue weighted by atomic mass is 10.1. The Bertz CT molecular complexity index is 167. The van der Waals surface area contributed by atoms with Crippen LogP contribution in [0.2, 0.25) is 0 Å². The number of hydrogen-bond acceptors (Lipinski definition) is 3. The molecule has 3 heteroatoms. The third kappa shape index (κ3) is 10.1. The molecule has 16 heavy (non-hydrogen) atoms. The Morgan fingerprint density at radius 3 is 2.38 bits per heavy atom. The molecule has 0 aliphatic carbocycles. The van der Waals surface area contributed by atoms with Crippen LogP contribution >= 0.6 is 0 Å². The van der Waals surface area contributed by atoms with Crippen LogP contribution in [0.5, 0.6) is 0 Å². The molecule has 2 N–H and O–H groups in total. The van der Waals surface area contributed by atoms with Crippen LogP contribution in [0, 0.1) is 0 Å². The first-order valence-corrected chi connectivity index (χ1v) is 6.17. The predicted molar refractivity (Wildman–Crippen MR) is 66.4 cm³/mol. The van der Waals surface area contributed by atoms with Gasteiger partial charge in [0.25, 0.3) is 0 Å². The smallest absolute Gasteiger partial charge is 0.0596 e. The van der Waals surface area contributed by atoms with Crippen LogP contribution < -0.4 is 0 Å². The van der Waals surface area contributed by atoms with E-state index in [1.165, 1.54) is 0 Å². The highest BCUT2D eigenvalue weighted by atomic mass is 16.5. The standard InChI is InChI=1S/C13H26O3/c1-12(15)8-6-4-3-5-7-9-13(16-2)10-11-14/h3,5,12-15H,4,6-11H2,1-2H3/b5-3+/t12-,13+/m1/s1. The van der Waals surface area contributed by atoms with Crippen LogP contribution in [0.15, 0.2) is 12.2 Å². The van der Waals surface area contributed by atoms with Crippen LogP contribution in [-0.2, 0) is 4.74 Å². The van der Waals surface area contributed by atoms with Crippen LogP contribution in [0.1, 0.15) is 45.4 Å². The van der Waals surface area contributed by atoms with Gasteiger partial charge in [-0.2, -0.15) is 0 Å². The van der Waals surface area contributed by atoms with Crippen molar-refractivity contribution in [3.8, 4) is 0 Å². The molecule has 0 fully saturated rings. The van der Waals surface area contributed by atoms with Gasteiger partial charge < -0.3 is 14.9 Å². The maximum Gasteiger partial charge on any atom is 0.0596 e. The Balaban J connectivity index is 3.38. The number of ether oxygens (including phenoxy) is 1. The summed E-state index contributed by atoms with van der Waals surface area (Å²) in [7, 11) is 1.69. The molecule has 0 rings (SSSR count). The molecular formula is C13H26O3. The summed E-state index contributed by atoms with van der Waals surface area (Å²) >= 11 is 0. The molecule has 0 heterocycles. The lowest BCUT2D eigenvalue weighted by Gasteiger charge is -2.11. The Morgan fingerprint density at radius 2 is 1.81 bits per heavy atom. The van der Waals surface area contributed by atoms with Crippen LogP contribution in [0.3, 0.4) is 0 Å². The van der Waals surface area contributed by atoms with E-state index in [1.807, 2.05) is 6.92 Å². The molecular weight excluding hydrogens is 204 g/mol. The summed E-state index contributed by atoms with van der Waals surface area (Å²) in [5.74, 6) is 0. The Morgan fingerprint density at radius 1 is 1.12 bits per heavy atom. The van der Waals surface area contributed by atoms with E-state index in [-0.39, 0.29) is 18.8 Å². The number of hydrogen-bond donors (Lipinski definition) is 2. The Hall–Kier alpha value is -0.380. The number of unbranched alkanes of at least 4 members (excludes halogenated alkanes) is 1. The van der Waals surface area contributed by atoms with E-state index in [9.17, 15) is 0 Å². The summed E-state index contributed by atoms with van der Waals surface area (Å²) in [5, 5.41) is 17.8. The number of aliphatic hydroxyl groups excluding tert-OH is 2. The molecule has 2 atom stereocenters. The van der Waals surface area contributed by atoms with Gasteiger partial charge in [-0.05, 0) is 45.4 Å². The van der Waals surface area contributed by atoms with Crippen molar-refractivity contribution in [1.82, 2.24) is 0 Å². The molecule has 0 amide bonds. The Kier molecular flexibility index (Phi) is 10.9. The van der Waals surface area contributed by atoms with Gasteiger partial charge >= 0.3 is 0 Å². The van der Waals surface area contributed by atoms with Crippen LogP contribution in [0.4, 0.5) is 0 Å². The molecule has 0 aromatic rings. The van der Waals surface area contributed by atoms with E-state index >= 15 is 0 Å². The monoisotopic (exact) mass is 230 g/mol. The van der Waals surface area contributed by atoms with Gasteiger partial charge in [-0.3, -0.25) is 0 Å². The molecule has 3 nitrogen and oxygen atoms in total. The number of allylic oxidation sites excluding steroid dienone is 2. The zero-order valence-electron chi connectivity index (χ0n) is 10.6. The summed E-state index contributed by atoms with van der Waals surface area (Å²) < 4.78 is 5.22. The van der Waals surface area contributed by atoms with Crippen molar-refractivity contribution in [3.05, 3.63) is 12.2 Å². The molecule has 0 radical (unpaired) electrons. The number of aliphatic hydroxyl groups is 2. The molecule has 0 saturated carbocycles. The minimum absolute atomic E-state index is 0.173. The molecule has 0 aromatic heterocycles. The van der Waals surface area contributed by atoms with Gasteiger partial charge in [0, 0.05) is 13.7 Å². The second kappa shape index (κ2) is 11.1. The highest BCUT2D eigenvalue weighted by molar-refractivity contribution is 4.82. The van der Waals surface area contributed by atoms with Crippen molar-refractivity contribution in [1.29, 1.82) is 0 Å². The van der Waals surface area contributed by atoms with Gasteiger partial charge in [0.15, 0.2) is 0 Å². The van der Waals surface area contributed by atoms with Crippen LogP contribution in [0.25, 0.3) is 0 Å². The van der Waals surface area contributed by atoms with Gasteiger partial charge in [-0.15, -0.1) is 0 Å². The van der Waals surface area contributed by atoms with Crippen molar-refractivity contribution in [2.75, 3.05) is 13.7 Å². The van der Waals surface area contributed by atoms with E-state index in [2.05, 4.69) is 12.2 Å². The van der Waals surface area contributed by atoms with E-state index in [0.29, 0.717) is 6.42 Å². The second-order valence-electron chi connectivity index (χ2n) is 4.20. The molecule has 0 bridgehead atoms. The van der Waals surface area contributed by atoms with Crippen molar-refractivity contribution >= 4 is 0 Å². The molecule has 0 aliphatic rings. The van der Waals surface area contributed by atoms with Crippen molar-refractivity contribution < 1.29 is 14.9 Å². The van der Waals surface area contributed by atoms with Crippen molar-refractivity contribution in [2.24, 2.45) is 0 Å². The minimum Gasteiger partial charge on any atom is -0.396 e. The van der Waals surface area contributed by atoms with Crippen LogP contribution in [-0.4, -0.2) is 36.1 Å². The first kappa shape index (κ1) is 15.6. The van der Waals surface area contributed by atoms with Gasteiger partial charge in [0.05, 0.1) is 12.2 Å². The first-order chi connectivity index (χ1) is 7.70. The lowest BCUT2D eigenvalue weighted by Crippen LogP contribution is -2.11. The van der Waals surface area contributed by atoms with Gasteiger partial charge in [0.1, 0.15) is 0 Å². The largest absolute Gasteiger partial charge is 0.396 e. The fourth-order valence-electron chi connectivity index (χ4n) is 1.57. The highest BCUT2D eigenvalue weighted by Gasteiger charge is 2.03. The predicted octanol–water partition coefficient (Wildman–Crippen LogP) is 2.27. The van der Waals surface area contributed by atoms with E-state index in [0.717, 1.165) is 32.1 Å². The first-order valence-electron chi connectivity index (χ1n) is 6.17. The zero-order chi connectivity index (χ0) is 12.2. The highest BCUT2D eigenvalue weighted by Crippen LogP contribution is 2.07. The SMILES string of the molecule is CO[C@H](CCO)CC/C=C/CCC[C@@H](C)O. The van der Waals surface area contributed by atoms with E-state index in [1.54, 1.807) is 7.11 Å². The molecule has 0 spiro atoms. The third-order valence-corrected chi connectivity index (χ3v) is 2.60. The zero-order valence-corrected chi connectivity index (χ0v) is 10.6. The summed E-state index contributed by atoms with van der Waals surface area (Å²) in [5.41, 5.74) is 0. The van der Waals surface area contributed by atoms with Crippen molar-refractivity contribution in [3.63, 3.8) is 0 Å². The topological polar surface area (TPSA) is 49.7 Å². The van der Waals surface area contributed by atoms with E-state index in [4.69, 9.17) is 14.9 Å². The minimum atomic E-state index is -0.184. The quantitative estimate of drug-likeness (QED) is 0.447. The van der Waals surface area contributed by atoms with Gasteiger partial charge in [0.2, 0.25) is 0 Å². The van der Waals surface area contributed by atoms with Crippen molar-refractivity contribution in [2.45, 2.75) is 57.7 Å². The normalized spacial score (nSPS) is 15.5. The summed E-state index contributed by atoms with van der Waals surface area (Å²) in [6.07, 6.45) is 9.92. The average Bonchev–Trinajstić information content (AvgIpc) is 2.26. The maximum atomic E-state index is 9.05. The van der Waals surface area contributed by atoms with Gasteiger partial charge in [-0.1, -0.05) is 12.2 Å². The third-order valence-electron chi connectivity index (χ3n) is 2.60. The van der Waals surface area contributed by atoms with Gasteiger partial charge in [-0.25, -0.2) is 0 Å². The summed E-state index contributed by atoms with van der Waals surface area (Å²) in [6, 6.07) is 0. The second-order valence-corrected chi connectivity index (χ2v) is 4.20. The molecule has 96 valence electrons.